The number of morpholine rings is 1. The molecule has 1 aromatic carbocycles. The normalized spacial score (nSPS) is 16.7. The number of nitrogens with one attached hydrogen (secondary N) is 1. The van der Waals surface area contributed by atoms with E-state index in [4.69, 9.17) is 15.2 Å². The van der Waals surface area contributed by atoms with E-state index in [0.29, 0.717) is 44.3 Å². The molecular formula is C13H21N3O4S. The van der Waals surface area contributed by atoms with E-state index in [-0.39, 0.29) is 6.54 Å². The van der Waals surface area contributed by atoms with E-state index in [1.54, 1.807) is 18.2 Å². The maximum atomic E-state index is 12.3. The van der Waals surface area contributed by atoms with Crippen molar-refractivity contribution in [1.82, 2.24) is 4.31 Å². The molecule has 0 amide bonds. The Morgan fingerprint density at radius 2 is 2.10 bits per heavy atom. The van der Waals surface area contributed by atoms with Crippen molar-refractivity contribution in [3.05, 3.63) is 23.8 Å². The molecule has 1 saturated heterocycles. The van der Waals surface area contributed by atoms with Crippen LogP contribution in [0.2, 0.25) is 0 Å². The average Bonchev–Trinajstić information content (AvgIpc) is 2.49. The Hall–Kier alpha value is -1.35. The van der Waals surface area contributed by atoms with Crippen LogP contribution in [0.1, 0.15) is 12.5 Å². The lowest BCUT2D eigenvalue weighted by Gasteiger charge is -2.26. The molecule has 1 aromatic rings. The van der Waals surface area contributed by atoms with Gasteiger partial charge < -0.3 is 15.2 Å². The van der Waals surface area contributed by atoms with Gasteiger partial charge in [-0.1, -0.05) is 0 Å². The molecule has 0 spiro atoms. The molecule has 0 bridgehead atoms. The Bertz CT molecular complexity index is 571. The number of anilines is 1. The monoisotopic (exact) mass is 315 g/mol. The molecule has 2 rings (SSSR count). The molecule has 0 aliphatic carbocycles. The maximum Gasteiger partial charge on any atom is 0.301 e. The number of benzene rings is 1. The van der Waals surface area contributed by atoms with Crippen LogP contribution >= 0.6 is 0 Å². The third-order valence-electron chi connectivity index (χ3n) is 3.14. The predicted octanol–water partition coefficient (Wildman–Crippen LogP) is 0.533. The summed E-state index contributed by atoms with van der Waals surface area (Å²) in [5, 5.41) is 0. The van der Waals surface area contributed by atoms with Crippen LogP contribution in [0.3, 0.4) is 0 Å². The van der Waals surface area contributed by atoms with E-state index in [1.165, 1.54) is 4.31 Å². The van der Waals surface area contributed by atoms with Gasteiger partial charge in [0.25, 0.3) is 0 Å². The molecule has 0 atom stereocenters. The van der Waals surface area contributed by atoms with Crippen LogP contribution in [-0.4, -0.2) is 45.6 Å². The number of hydrogen-bond donors (Lipinski definition) is 2. The summed E-state index contributed by atoms with van der Waals surface area (Å²) in [7, 11) is -3.56. The maximum absolute atomic E-state index is 12.3. The van der Waals surface area contributed by atoms with Crippen molar-refractivity contribution in [2.24, 2.45) is 5.73 Å². The molecule has 0 aromatic heterocycles. The zero-order valence-corrected chi connectivity index (χ0v) is 12.9. The van der Waals surface area contributed by atoms with Gasteiger partial charge in [0.2, 0.25) is 0 Å². The van der Waals surface area contributed by atoms with Crippen molar-refractivity contribution in [3.8, 4) is 5.75 Å². The van der Waals surface area contributed by atoms with Gasteiger partial charge in [0.15, 0.2) is 0 Å². The highest BCUT2D eigenvalue weighted by molar-refractivity contribution is 7.90. The average molecular weight is 315 g/mol. The molecule has 8 heteroatoms. The Morgan fingerprint density at radius 1 is 1.38 bits per heavy atom. The van der Waals surface area contributed by atoms with E-state index in [2.05, 4.69) is 4.72 Å². The second-order valence-corrected chi connectivity index (χ2v) is 6.25. The second-order valence-electron chi connectivity index (χ2n) is 4.58. The van der Waals surface area contributed by atoms with Crippen molar-refractivity contribution in [1.29, 1.82) is 0 Å². The highest BCUT2D eigenvalue weighted by Crippen LogP contribution is 2.23. The van der Waals surface area contributed by atoms with Gasteiger partial charge in [-0.05, 0) is 25.1 Å². The van der Waals surface area contributed by atoms with Gasteiger partial charge in [0, 0.05) is 25.2 Å². The minimum Gasteiger partial charge on any atom is -0.494 e. The highest BCUT2D eigenvalue weighted by atomic mass is 32.2. The fraction of sp³-hybridized carbons (Fsp3) is 0.538. The topological polar surface area (TPSA) is 93.9 Å². The van der Waals surface area contributed by atoms with Gasteiger partial charge >= 0.3 is 10.2 Å². The molecule has 1 fully saturated rings. The number of nitrogens with zero attached hydrogens (tertiary/aromatic N) is 1. The molecular weight excluding hydrogens is 294 g/mol. The molecule has 118 valence electrons. The van der Waals surface area contributed by atoms with Gasteiger partial charge in [0.05, 0.1) is 25.5 Å². The minimum atomic E-state index is -3.56. The second kappa shape index (κ2) is 7.08. The quantitative estimate of drug-likeness (QED) is 0.799. The first kappa shape index (κ1) is 16.0. The third kappa shape index (κ3) is 4.07. The van der Waals surface area contributed by atoms with Gasteiger partial charge in [-0.15, -0.1) is 0 Å². The number of nitrogens with two attached hydrogens (primary N) is 1. The van der Waals surface area contributed by atoms with E-state index in [1.807, 2.05) is 6.92 Å². The summed E-state index contributed by atoms with van der Waals surface area (Å²) in [6.45, 7) is 4.24. The van der Waals surface area contributed by atoms with E-state index < -0.39 is 10.2 Å². The van der Waals surface area contributed by atoms with Crippen molar-refractivity contribution in [2.45, 2.75) is 13.5 Å². The van der Waals surface area contributed by atoms with Crippen molar-refractivity contribution in [3.63, 3.8) is 0 Å². The Kier molecular flexibility index (Phi) is 5.40. The molecule has 7 nitrogen and oxygen atoms in total. The number of hydrogen-bond acceptors (Lipinski definition) is 5. The van der Waals surface area contributed by atoms with Crippen LogP contribution < -0.4 is 15.2 Å². The smallest absolute Gasteiger partial charge is 0.301 e. The molecule has 0 radical (unpaired) electrons. The van der Waals surface area contributed by atoms with Crippen molar-refractivity contribution in [2.75, 3.05) is 37.6 Å². The first-order valence-corrected chi connectivity index (χ1v) is 8.32. The summed E-state index contributed by atoms with van der Waals surface area (Å²) in [4.78, 5) is 0. The van der Waals surface area contributed by atoms with Gasteiger partial charge in [-0.2, -0.15) is 12.7 Å². The summed E-state index contributed by atoms with van der Waals surface area (Å²) in [6.07, 6.45) is 0. The first-order chi connectivity index (χ1) is 10.1. The first-order valence-electron chi connectivity index (χ1n) is 6.88. The van der Waals surface area contributed by atoms with Gasteiger partial charge in [-0.3, -0.25) is 4.72 Å². The van der Waals surface area contributed by atoms with Crippen LogP contribution in [0.25, 0.3) is 0 Å². The zero-order valence-electron chi connectivity index (χ0n) is 12.0. The molecule has 1 heterocycles. The Labute approximate surface area is 125 Å². The molecule has 3 N–H and O–H groups in total. The SMILES string of the molecule is CCOc1ccc(NS(=O)(=O)N2CCOCC2)cc1CN. The number of rotatable bonds is 6. The van der Waals surface area contributed by atoms with Crippen molar-refractivity contribution >= 4 is 15.9 Å². The standard InChI is InChI=1S/C13H21N3O4S/c1-2-20-13-4-3-12(9-11(13)10-14)15-21(17,18)16-5-7-19-8-6-16/h3-4,9,15H,2,5-8,10,14H2,1H3. The van der Waals surface area contributed by atoms with Crippen LogP contribution in [-0.2, 0) is 21.5 Å². The molecule has 1 aliphatic heterocycles. The number of ether oxygens (including phenoxy) is 2. The zero-order chi connectivity index (χ0) is 15.3. The minimum absolute atomic E-state index is 0.280. The van der Waals surface area contributed by atoms with Gasteiger partial charge in [0.1, 0.15) is 5.75 Å². The summed E-state index contributed by atoms with van der Waals surface area (Å²) in [5.41, 5.74) is 6.91. The summed E-state index contributed by atoms with van der Waals surface area (Å²) < 4.78 is 39.1. The lowest BCUT2D eigenvalue weighted by atomic mass is 10.2. The van der Waals surface area contributed by atoms with Crippen LogP contribution in [0.4, 0.5) is 5.69 Å². The third-order valence-corrected chi connectivity index (χ3v) is 4.68. The van der Waals surface area contributed by atoms with E-state index in [9.17, 15) is 8.42 Å². The summed E-state index contributed by atoms with van der Waals surface area (Å²) in [6, 6.07) is 5.09. The summed E-state index contributed by atoms with van der Waals surface area (Å²) in [5.74, 6) is 0.675. The van der Waals surface area contributed by atoms with Crippen LogP contribution in [0.5, 0.6) is 5.75 Å². The van der Waals surface area contributed by atoms with Crippen LogP contribution in [0, 0.1) is 0 Å². The van der Waals surface area contributed by atoms with Crippen molar-refractivity contribution < 1.29 is 17.9 Å². The van der Waals surface area contributed by atoms with E-state index >= 15 is 0 Å². The predicted molar refractivity (Wildman–Crippen MR) is 80.4 cm³/mol. The summed E-state index contributed by atoms with van der Waals surface area (Å²) >= 11 is 0. The molecule has 21 heavy (non-hydrogen) atoms. The Morgan fingerprint density at radius 3 is 2.71 bits per heavy atom. The molecule has 0 unspecified atom stereocenters. The molecule has 1 aliphatic rings. The molecule has 0 saturated carbocycles. The Balaban J connectivity index is 2.14. The fourth-order valence-corrected chi connectivity index (χ4v) is 3.28. The largest absolute Gasteiger partial charge is 0.494 e. The fourth-order valence-electron chi connectivity index (χ4n) is 2.10. The highest BCUT2D eigenvalue weighted by Gasteiger charge is 2.24. The van der Waals surface area contributed by atoms with E-state index in [0.717, 1.165) is 5.56 Å². The van der Waals surface area contributed by atoms with Gasteiger partial charge in [-0.25, -0.2) is 0 Å². The van der Waals surface area contributed by atoms with Crippen LogP contribution in [0.15, 0.2) is 18.2 Å². The lowest BCUT2D eigenvalue weighted by Crippen LogP contribution is -2.43. The lowest BCUT2D eigenvalue weighted by molar-refractivity contribution is 0.0733.